The van der Waals surface area contributed by atoms with Crippen molar-refractivity contribution in [2.45, 2.75) is 12.3 Å². The number of carbonyl (C=O) groups is 1. The van der Waals surface area contributed by atoms with E-state index in [-0.39, 0.29) is 0 Å². The third-order valence-corrected chi connectivity index (χ3v) is 3.68. The van der Waals surface area contributed by atoms with Gasteiger partial charge in [0.25, 0.3) is 0 Å². The number of likely N-dealkylation sites (N-methyl/N-ethyl adjacent to an activating group) is 1. The summed E-state index contributed by atoms with van der Waals surface area (Å²) in [5.41, 5.74) is 2.06. The van der Waals surface area contributed by atoms with Crippen LogP contribution in [0, 0.1) is 0 Å². The number of aldehydes is 1. The van der Waals surface area contributed by atoms with Gasteiger partial charge in [-0.3, -0.25) is 4.79 Å². The average Bonchev–Trinajstić information content (AvgIpc) is 2.64. The van der Waals surface area contributed by atoms with E-state index < -0.39 is 0 Å². The van der Waals surface area contributed by atoms with E-state index in [1.807, 2.05) is 12.1 Å². The van der Waals surface area contributed by atoms with Crippen LogP contribution in [0.2, 0.25) is 0 Å². The van der Waals surface area contributed by atoms with Crippen molar-refractivity contribution in [1.29, 1.82) is 0 Å². The molecule has 2 nitrogen and oxygen atoms in total. The van der Waals surface area contributed by atoms with Crippen LogP contribution < -0.4 is 0 Å². The highest BCUT2D eigenvalue weighted by Crippen LogP contribution is 2.31. The summed E-state index contributed by atoms with van der Waals surface area (Å²) in [7, 11) is 2.15. The molecule has 1 saturated heterocycles. The van der Waals surface area contributed by atoms with E-state index in [2.05, 4.69) is 33.9 Å². The van der Waals surface area contributed by atoms with Crippen molar-refractivity contribution in [2.24, 2.45) is 0 Å². The normalized spacial score (nSPS) is 21.9. The molecule has 1 atom stereocenters. The van der Waals surface area contributed by atoms with Crippen molar-refractivity contribution >= 4 is 22.2 Å². The second kappa shape index (κ2) is 4.45. The predicted octanol–water partition coefficient (Wildman–Crippen LogP) is 2.68. The highest BCUT2D eigenvalue weighted by molar-refractivity contribution is 9.10. The minimum atomic E-state index is 0.602. The first kappa shape index (κ1) is 10.8. The molecule has 1 heterocycles. The third-order valence-electron chi connectivity index (χ3n) is 2.99. The Kier molecular flexibility index (Phi) is 3.22. The zero-order valence-electron chi connectivity index (χ0n) is 8.74. The molecule has 0 N–H and O–H groups in total. The van der Waals surface area contributed by atoms with Crippen LogP contribution in [0.25, 0.3) is 0 Å². The quantitative estimate of drug-likeness (QED) is 0.768. The van der Waals surface area contributed by atoms with Gasteiger partial charge in [0, 0.05) is 16.6 Å². The fourth-order valence-corrected chi connectivity index (χ4v) is 2.86. The zero-order valence-corrected chi connectivity index (χ0v) is 10.3. The molecule has 1 fully saturated rings. The van der Waals surface area contributed by atoms with Crippen LogP contribution in [0.15, 0.2) is 22.7 Å². The standard InChI is InChI=1S/C12H14BrNO/c1-14-5-4-10(7-14)11-3-2-9(8-15)6-12(11)13/h2-3,6,8,10H,4-5,7H2,1H3. The number of nitrogens with zero attached hydrogens (tertiary/aromatic N) is 1. The largest absolute Gasteiger partial charge is 0.306 e. The molecule has 0 aromatic heterocycles. The van der Waals surface area contributed by atoms with Crippen molar-refractivity contribution in [1.82, 2.24) is 4.90 Å². The van der Waals surface area contributed by atoms with Crippen LogP contribution in [-0.2, 0) is 0 Å². The molecule has 3 heteroatoms. The van der Waals surface area contributed by atoms with Gasteiger partial charge in [-0.25, -0.2) is 0 Å². The Labute approximate surface area is 98.4 Å². The van der Waals surface area contributed by atoms with E-state index in [1.165, 1.54) is 12.0 Å². The Hall–Kier alpha value is -0.670. The molecular weight excluding hydrogens is 254 g/mol. The summed E-state index contributed by atoms with van der Waals surface area (Å²) in [5, 5.41) is 0. The van der Waals surface area contributed by atoms with Gasteiger partial charge >= 0.3 is 0 Å². The maximum Gasteiger partial charge on any atom is 0.150 e. The van der Waals surface area contributed by atoms with E-state index in [4.69, 9.17) is 0 Å². The summed E-state index contributed by atoms with van der Waals surface area (Å²) < 4.78 is 1.06. The maximum absolute atomic E-state index is 10.6. The highest BCUT2D eigenvalue weighted by atomic mass is 79.9. The number of benzene rings is 1. The number of rotatable bonds is 2. The number of hydrogen-bond acceptors (Lipinski definition) is 2. The molecule has 0 bridgehead atoms. The number of halogens is 1. The minimum absolute atomic E-state index is 0.602. The van der Waals surface area contributed by atoms with Crippen LogP contribution >= 0.6 is 15.9 Å². The third kappa shape index (κ3) is 2.29. The highest BCUT2D eigenvalue weighted by Gasteiger charge is 2.22. The molecule has 1 aromatic carbocycles. The molecule has 0 saturated carbocycles. The number of carbonyl (C=O) groups excluding carboxylic acids is 1. The lowest BCUT2D eigenvalue weighted by atomic mass is 9.97. The van der Waals surface area contributed by atoms with Crippen molar-refractivity contribution in [2.75, 3.05) is 20.1 Å². The first-order chi connectivity index (χ1) is 7.20. The van der Waals surface area contributed by atoms with Crippen LogP contribution in [0.5, 0.6) is 0 Å². The molecule has 80 valence electrons. The Morgan fingerprint density at radius 3 is 2.87 bits per heavy atom. The summed E-state index contributed by atoms with van der Waals surface area (Å²) in [5.74, 6) is 0.602. The SMILES string of the molecule is CN1CCC(c2ccc(C=O)cc2Br)C1. The van der Waals surface area contributed by atoms with E-state index in [0.717, 1.165) is 29.4 Å². The van der Waals surface area contributed by atoms with Crippen molar-refractivity contribution < 1.29 is 4.79 Å². The van der Waals surface area contributed by atoms with E-state index in [1.54, 1.807) is 0 Å². The lowest BCUT2D eigenvalue weighted by Crippen LogP contribution is -2.13. The van der Waals surface area contributed by atoms with Crippen molar-refractivity contribution in [3.05, 3.63) is 33.8 Å². The van der Waals surface area contributed by atoms with E-state index in [9.17, 15) is 4.79 Å². The lowest BCUT2D eigenvalue weighted by Gasteiger charge is -2.13. The van der Waals surface area contributed by atoms with Crippen LogP contribution in [0.1, 0.15) is 28.3 Å². The second-order valence-corrected chi connectivity index (χ2v) is 5.00. The average molecular weight is 268 g/mol. The first-order valence-corrected chi connectivity index (χ1v) is 5.93. The van der Waals surface area contributed by atoms with Crippen LogP contribution in [0.4, 0.5) is 0 Å². The van der Waals surface area contributed by atoms with Crippen LogP contribution in [0.3, 0.4) is 0 Å². The molecular formula is C12H14BrNO. The topological polar surface area (TPSA) is 20.3 Å². The van der Waals surface area contributed by atoms with Gasteiger partial charge in [0.2, 0.25) is 0 Å². The summed E-state index contributed by atoms with van der Waals surface area (Å²) in [6.45, 7) is 2.27. The molecule has 1 aliphatic heterocycles. The van der Waals surface area contributed by atoms with Gasteiger partial charge in [-0.1, -0.05) is 28.1 Å². The summed E-state index contributed by atoms with van der Waals surface area (Å²) in [6, 6.07) is 5.86. The summed E-state index contributed by atoms with van der Waals surface area (Å²) in [4.78, 5) is 13.0. The van der Waals surface area contributed by atoms with E-state index >= 15 is 0 Å². The molecule has 1 aromatic rings. The summed E-state index contributed by atoms with van der Waals surface area (Å²) in [6.07, 6.45) is 2.09. The van der Waals surface area contributed by atoms with Gasteiger partial charge in [-0.2, -0.15) is 0 Å². The lowest BCUT2D eigenvalue weighted by molar-refractivity contribution is 0.112. The van der Waals surface area contributed by atoms with Crippen LogP contribution in [-0.4, -0.2) is 31.3 Å². The molecule has 1 aliphatic rings. The maximum atomic E-state index is 10.6. The molecule has 1 unspecified atom stereocenters. The van der Waals surface area contributed by atoms with Gasteiger partial charge < -0.3 is 4.90 Å². The molecule has 15 heavy (non-hydrogen) atoms. The second-order valence-electron chi connectivity index (χ2n) is 4.15. The Morgan fingerprint density at radius 1 is 1.53 bits per heavy atom. The number of hydrogen-bond donors (Lipinski definition) is 0. The fraction of sp³-hybridized carbons (Fsp3) is 0.417. The number of likely N-dealkylation sites (tertiary alicyclic amines) is 1. The monoisotopic (exact) mass is 267 g/mol. The molecule has 2 rings (SSSR count). The van der Waals surface area contributed by atoms with E-state index in [0.29, 0.717) is 5.92 Å². The molecule has 0 spiro atoms. The smallest absolute Gasteiger partial charge is 0.150 e. The van der Waals surface area contributed by atoms with Gasteiger partial charge in [-0.05, 0) is 37.6 Å². The Balaban J connectivity index is 2.25. The van der Waals surface area contributed by atoms with Gasteiger partial charge in [-0.15, -0.1) is 0 Å². The van der Waals surface area contributed by atoms with Crippen molar-refractivity contribution in [3.63, 3.8) is 0 Å². The molecule has 0 aliphatic carbocycles. The fourth-order valence-electron chi connectivity index (χ4n) is 2.14. The zero-order chi connectivity index (χ0) is 10.8. The van der Waals surface area contributed by atoms with Gasteiger partial charge in [0.15, 0.2) is 0 Å². The first-order valence-electron chi connectivity index (χ1n) is 5.14. The minimum Gasteiger partial charge on any atom is -0.306 e. The van der Waals surface area contributed by atoms with Gasteiger partial charge in [0.05, 0.1) is 0 Å². The Bertz CT molecular complexity index is 378. The molecule has 0 amide bonds. The van der Waals surface area contributed by atoms with Crippen molar-refractivity contribution in [3.8, 4) is 0 Å². The Morgan fingerprint density at radius 2 is 2.33 bits per heavy atom. The predicted molar refractivity (Wildman–Crippen MR) is 64.4 cm³/mol. The summed E-state index contributed by atoms with van der Waals surface area (Å²) >= 11 is 3.54. The molecule has 0 radical (unpaired) electrons. The van der Waals surface area contributed by atoms with Gasteiger partial charge in [0.1, 0.15) is 6.29 Å².